The van der Waals surface area contributed by atoms with E-state index in [1.54, 1.807) is 0 Å². The Morgan fingerprint density at radius 3 is 2.00 bits per heavy atom. The fraction of sp³-hybridized carbons (Fsp3) is 1.00. The number of aliphatic hydroxyl groups is 5. The molecule has 0 spiro atoms. The van der Waals surface area contributed by atoms with Gasteiger partial charge in [0, 0.05) is 18.8 Å². The average Bonchev–Trinajstić information content (AvgIpc) is 2.26. The van der Waals surface area contributed by atoms with Gasteiger partial charge in [-0.25, -0.2) is 0 Å². The summed E-state index contributed by atoms with van der Waals surface area (Å²) in [6.07, 6.45) is -5.73. The van der Waals surface area contributed by atoms with Crippen LogP contribution in [-0.2, 0) is 0 Å². The standard InChI is InChI=1S/C8H19NO5S/c10-4-6(12)8(14)7(13)5(11)3-9-1-2-15/h5-15H,1-4H2/t5-,6+,7+,8+/m0/s1. The van der Waals surface area contributed by atoms with E-state index in [4.69, 9.17) is 10.2 Å². The topological polar surface area (TPSA) is 113 Å². The molecular formula is C8H19NO5S. The van der Waals surface area contributed by atoms with Crippen LogP contribution in [-0.4, -0.2) is 75.4 Å². The molecule has 0 aliphatic rings. The quantitative estimate of drug-likeness (QED) is 0.179. The minimum atomic E-state index is -1.57. The van der Waals surface area contributed by atoms with Crippen LogP contribution in [0.2, 0.25) is 0 Å². The zero-order valence-corrected chi connectivity index (χ0v) is 9.22. The van der Waals surface area contributed by atoms with Crippen LogP contribution in [0.25, 0.3) is 0 Å². The number of aliphatic hydroxyl groups excluding tert-OH is 5. The van der Waals surface area contributed by atoms with E-state index in [2.05, 4.69) is 17.9 Å². The summed E-state index contributed by atoms with van der Waals surface area (Å²) >= 11 is 3.93. The maximum absolute atomic E-state index is 9.37. The summed E-state index contributed by atoms with van der Waals surface area (Å²) in [5, 5.41) is 48.3. The van der Waals surface area contributed by atoms with E-state index in [9.17, 15) is 15.3 Å². The monoisotopic (exact) mass is 241 g/mol. The maximum Gasteiger partial charge on any atom is 0.111 e. The fourth-order valence-corrected chi connectivity index (χ4v) is 1.17. The number of hydrogen-bond donors (Lipinski definition) is 7. The number of thiol groups is 1. The lowest BCUT2D eigenvalue weighted by Gasteiger charge is -2.25. The minimum absolute atomic E-state index is 0.0803. The van der Waals surface area contributed by atoms with E-state index in [0.29, 0.717) is 12.3 Å². The Labute approximate surface area is 94.0 Å². The highest BCUT2D eigenvalue weighted by Crippen LogP contribution is 2.04. The van der Waals surface area contributed by atoms with Crippen LogP contribution in [0.5, 0.6) is 0 Å². The first-order valence-corrected chi connectivity index (χ1v) is 5.32. The Morgan fingerprint density at radius 1 is 1.00 bits per heavy atom. The Bertz CT molecular complexity index is 162. The Balaban J connectivity index is 3.90. The van der Waals surface area contributed by atoms with Gasteiger partial charge < -0.3 is 30.8 Å². The van der Waals surface area contributed by atoms with Crippen molar-refractivity contribution >= 4 is 12.6 Å². The summed E-state index contributed by atoms with van der Waals surface area (Å²) in [5.41, 5.74) is 0. The molecule has 0 saturated heterocycles. The lowest BCUT2D eigenvalue weighted by atomic mass is 10.0. The highest BCUT2D eigenvalue weighted by Gasteiger charge is 2.29. The van der Waals surface area contributed by atoms with Crippen LogP contribution in [0.4, 0.5) is 0 Å². The van der Waals surface area contributed by atoms with Gasteiger partial charge in [-0.1, -0.05) is 0 Å². The van der Waals surface area contributed by atoms with E-state index >= 15 is 0 Å². The molecule has 6 nitrogen and oxygen atoms in total. The summed E-state index contributed by atoms with van der Waals surface area (Å²) in [7, 11) is 0. The molecule has 0 aromatic heterocycles. The van der Waals surface area contributed by atoms with Crippen molar-refractivity contribution in [3.05, 3.63) is 0 Å². The number of hydrogen-bond acceptors (Lipinski definition) is 7. The van der Waals surface area contributed by atoms with Crippen molar-refractivity contribution in [3.63, 3.8) is 0 Å². The molecule has 15 heavy (non-hydrogen) atoms. The molecule has 4 atom stereocenters. The van der Waals surface area contributed by atoms with Gasteiger partial charge in [-0.05, 0) is 0 Å². The Kier molecular flexibility index (Phi) is 8.34. The van der Waals surface area contributed by atoms with E-state index in [-0.39, 0.29) is 6.54 Å². The summed E-state index contributed by atoms with van der Waals surface area (Å²) in [5.74, 6) is 0.588. The van der Waals surface area contributed by atoms with Crippen molar-refractivity contribution in [2.45, 2.75) is 24.4 Å². The van der Waals surface area contributed by atoms with Crippen molar-refractivity contribution in [2.24, 2.45) is 0 Å². The molecule has 0 aromatic rings. The van der Waals surface area contributed by atoms with Gasteiger partial charge in [0.1, 0.15) is 18.3 Å². The van der Waals surface area contributed by atoms with Crippen LogP contribution in [0.3, 0.4) is 0 Å². The van der Waals surface area contributed by atoms with Gasteiger partial charge in [-0.3, -0.25) is 0 Å². The molecule has 0 heterocycles. The minimum Gasteiger partial charge on any atom is -0.394 e. The van der Waals surface area contributed by atoms with E-state index < -0.39 is 31.0 Å². The van der Waals surface area contributed by atoms with Gasteiger partial charge >= 0.3 is 0 Å². The predicted molar refractivity (Wildman–Crippen MR) is 57.8 cm³/mol. The third-order valence-corrected chi connectivity index (χ3v) is 2.19. The van der Waals surface area contributed by atoms with Crippen LogP contribution in [0.1, 0.15) is 0 Å². The molecule has 0 radical (unpaired) electrons. The molecule has 92 valence electrons. The Morgan fingerprint density at radius 2 is 1.53 bits per heavy atom. The second-order valence-electron chi connectivity index (χ2n) is 3.23. The molecule has 0 aliphatic heterocycles. The molecule has 0 amide bonds. The van der Waals surface area contributed by atoms with Crippen LogP contribution in [0.15, 0.2) is 0 Å². The fourth-order valence-electron chi connectivity index (χ4n) is 1.01. The van der Waals surface area contributed by atoms with Crippen LogP contribution in [0, 0.1) is 0 Å². The summed E-state index contributed by atoms with van der Waals surface area (Å²) in [6, 6.07) is 0. The van der Waals surface area contributed by atoms with E-state index in [1.165, 1.54) is 0 Å². The van der Waals surface area contributed by atoms with Crippen LogP contribution >= 0.6 is 12.6 Å². The normalized spacial score (nSPS) is 19.6. The Hall–Kier alpha value is 0.110. The van der Waals surface area contributed by atoms with Crippen molar-refractivity contribution in [2.75, 3.05) is 25.4 Å². The van der Waals surface area contributed by atoms with Crippen molar-refractivity contribution in [1.29, 1.82) is 0 Å². The zero-order valence-electron chi connectivity index (χ0n) is 8.32. The molecule has 0 unspecified atom stereocenters. The second kappa shape index (κ2) is 8.28. The second-order valence-corrected chi connectivity index (χ2v) is 3.67. The van der Waals surface area contributed by atoms with Gasteiger partial charge in [0.05, 0.1) is 12.7 Å². The highest BCUT2D eigenvalue weighted by atomic mass is 32.1. The van der Waals surface area contributed by atoms with Crippen molar-refractivity contribution < 1.29 is 25.5 Å². The smallest absolute Gasteiger partial charge is 0.111 e. The molecule has 0 aliphatic carbocycles. The summed E-state index contributed by atoms with van der Waals surface area (Å²) in [6.45, 7) is -0.0303. The third kappa shape index (κ3) is 5.67. The molecule has 0 bridgehead atoms. The average molecular weight is 241 g/mol. The van der Waals surface area contributed by atoms with Gasteiger partial charge in [-0.15, -0.1) is 0 Å². The maximum atomic E-state index is 9.37. The molecule has 0 fully saturated rings. The van der Waals surface area contributed by atoms with E-state index in [1.807, 2.05) is 0 Å². The first-order valence-electron chi connectivity index (χ1n) is 4.69. The van der Waals surface area contributed by atoms with Gasteiger partial charge in [0.2, 0.25) is 0 Å². The first kappa shape index (κ1) is 15.1. The van der Waals surface area contributed by atoms with Crippen LogP contribution < -0.4 is 5.32 Å². The molecule has 0 saturated carbocycles. The molecule has 0 rings (SSSR count). The molecule has 6 N–H and O–H groups in total. The van der Waals surface area contributed by atoms with Gasteiger partial charge in [-0.2, -0.15) is 12.6 Å². The number of rotatable bonds is 8. The summed E-state index contributed by atoms with van der Waals surface area (Å²) in [4.78, 5) is 0. The van der Waals surface area contributed by atoms with Crippen molar-refractivity contribution in [3.8, 4) is 0 Å². The zero-order chi connectivity index (χ0) is 11.8. The molecule has 7 heteroatoms. The first-order chi connectivity index (χ1) is 7.04. The number of nitrogens with one attached hydrogen (secondary N) is 1. The van der Waals surface area contributed by atoms with Crippen molar-refractivity contribution in [1.82, 2.24) is 5.32 Å². The highest BCUT2D eigenvalue weighted by molar-refractivity contribution is 7.80. The SMILES string of the molecule is OC[C@@H](O)[C@@H](O)[C@H](O)[C@@H](O)CNCCS. The lowest BCUT2D eigenvalue weighted by molar-refractivity contribution is -0.113. The molecular weight excluding hydrogens is 222 g/mol. The lowest BCUT2D eigenvalue weighted by Crippen LogP contribution is -2.49. The van der Waals surface area contributed by atoms with Gasteiger partial charge in [0.15, 0.2) is 0 Å². The van der Waals surface area contributed by atoms with E-state index in [0.717, 1.165) is 0 Å². The third-order valence-electron chi connectivity index (χ3n) is 1.97. The largest absolute Gasteiger partial charge is 0.394 e. The van der Waals surface area contributed by atoms with Gasteiger partial charge in [0.25, 0.3) is 0 Å². The molecule has 0 aromatic carbocycles. The predicted octanol–water partition coefficient (Wildman–Crippen LogP) is -3.06. The summed E-state index contributed by atoms with van der Waals surface area (Å²) < 4.78 is 0.